The minimum Gasteiger partial charge on any atom is -0.470 e. The Labute approximate surface area is 80.5 Å². The van der Waals surface area contributed by atoms with E-state index in [0.29, 0.717) is 6.73 Å². The molecule has 0 atom stereocenters. The van der Waals surface area contributed by atoms with Crippen LogP contribution in [0, 0.1) is 6.92 Å². The van der Waals surface area contributed by atoms with E-state index < -0.39 is 0 Å². The molecule has 0 saturated carbocycles. The van der Waals surface area contributed by atoms with Crippen LogP contribution >= 0.6 is 0 Å². The van der Waals surface area contributed by atoms with Gasteiger partial charge in [-0.2, -0.15) is 0 Å². The summed E-state index contributed by atoms with van der Waals surface area (Å²) in [6.07, 6.45) is 0. The van der Waals surface area contributed by atoms with Gasteiger partial charge in [0.15, 0.2) is 6.73 Å². The molecule has 0 saturated heterocycles. The van der Waals surface area contributed by atoms with Crippen molar-refractivity contribution in [1.29, 1.82) is 0 Å². The second-order valence-electron chi connectivity index (χ2n) is 3.52. The molecule has 0 N–H and O–H groups in total. The van der Waals surface area contributed by atoms with Gasteiger partial charge in [-0.25, -0.2) is 0 Å². The number of rotatable bonds is 0. The van der Waals surface area contributed by atoms with E-state index in [1.807, 2.05) is 25.1 Å². The summed E-state index contributed by atoms with van der Waals surface area (Å²) in [6, 6.07) is 7.51. The van der Waals surface area contributed by atoms with Crippen molar-refractivity contribution >= 4 is 10.9 Å². The van der Waals surface area contributed by atoms with Crippen LogP contribution in [0.3, 0.4) is 0 Å². The minimum absolute atomic E-state index is 0.0138. The summed E-state index contributed by atoms with van der Waals surface area (Å²) in [4.78, 5) is 11.6. The molecule has 0 bridgehead atoms. The second-order valence-corrected chi connectivity index (χ2v) is 3.52. The Bertz CT molecular complexity index is 584. The fraction of sp³-hybridized carbons (Fsp3) is 0.182. The van der Waals surface area contributed by atoms with E-state index in [-0.39, 0.29) is 5.56 Å². The summed E-state index contributed by atoms with van der Waals surface area (Å²) in [7, 11) is 0. The molecular formula is C11H9NO2. The number of nitrogens with zero attached hydrogens (tertiary/aromatic N) is 1. The van der Waals surface area contributed by atoms with E-state index >= 15 is 0 Å². The number of hydrogen-bond acceptors (Lipinski definition) is 2. The van der Waals surface area contributed by atoms with Crippen LogP contribution in [0.5, 0.6) is 5.75 Å². The molecule has 2 aromatic rings. The van der Waals surface area contributed by atoms with Crippen molar-refractivity contribution in [2.75, 3.05) is 0 Å². The van der Waals surface area contributed by atoms with Crippen molar-refractivity contribution in [3.63, 3.8) is 0 Å². The first-order valence-corrected chi connectivity index (χ1v) is 4.53. The third kappa shape index (κ3) is 0.789. The Morgan fingerprint density at radius 1 is 1.43 bits per heavy atom. The average molecular weight is 187 g/mol. The third-order valence-electron chi connectivity index (χ3n) is 2.65. The van der Waals surface area contributed by atoms with Gasteiger partial charge < -0.3 is 4.74 Å². The van der Waals surface area contributed by atoms with Crippen molar-refractivity contribution in [2.45, 2.75) is 13.7 Å². The van der Waals surface area contributed by atoms with Crippen LogP contribution < -0.4 is 10.3 Å². The maximum absolute atomic E-state index is 11.6. The smallest absolute Gasteiger partial charge is 0.254 e. The Hall–Kier alpha value is -1.77. The Balaban J connectivity index is 2.65. The normalized spacial score (nSPS) is 13.2. The van der Waals surface area contributed by atoms with Crippen molar-refractivity contribution in [1.82, 2.24) is 4.57 Å². The molecule has 3 nitrogen and oxygen atoms in total. The number of ether oxygens (including phenoxy) is 1. The summed E-state index contributed by atoms with van der Waals surface area (Å²) in [5.41, 5.74) is 1.95. The number of aromatic nitrogens is 1. The lowest BCUT2D eigenvalue weighted by atomic mass is 10.1. The van der Waals surface area contributed by atoms with Crippen molar-refractivity contribution in [3.05, 3.63) is 40.2 Å². The highest BCUT2D eigenvalue weighted by Gasteiger charge is 2.16. The zero-order valence-electron chi connectivity index (χ0n) is 7.78. The highest BCUT2D eigenvalue weighted by Crippen LogP contribution is 2.30. The molecule has 0 radical (unpaired) electrons. The molecule has 2 heterocycles. The minimum atomic E-state index is 0.0138. The average Bonchev–Trinajstić information content (AvgIpc) is 2.59. The first-order valence-electron chi connectivity index (χ1n) is 4.53. The van der Waals surface area contributed by atoms with Crippen LogP contribution in [0.4, 0.5) is 0 Å². The van der Waals surface area contributed by atoms with Crippen LogP contribution in [0.15, 0.2) is 29.1 Å². The lowest BCUT2D eigenvalue weighted by Gasteiger charge is -2.02. The highest BCUT2D eigenvalue weighted by atomic mass is 16.5. The molecule has 0 amide bonds. The van der Waals surface area contributed by atoms with Gasteiger partial charge in [-0.15, -0.1) is 0 Å². The van der Waals surface area contributed by atoms with Crippen molar-refractivity contribution in [3.8, 4) is 5.75 Å². The molecule has 0 fully saturated rings. The SMILES string of the molecule is Cc1cc(=O)n2c3c(cccc13)OC2. The quantitative estimate of drug-likeness (QED) is 0.628. The van der Waals surface area contributed by atoms with Gasteiger partial charge in [0.25, 0.3) is 5.56 Å². The number of pyridine rings is 1. The van der Waals surface area contributed by atoms with Gasteiger partial charge in [0.2, 0.25) is 0 Å². The lowest BCUT2D eigenvalue weighted by Crippen LogP contribution is -2.18. The van der Waals surface area contributed by atoms with Crippen LogP contribution in [0.1, 0.15) is 5.56 Å². The zero-order valence-corrected chi connectivity index (χ0v) is 7.78. The predicted molar refractivity (Wildman–Crippen MR) is 53.6 cm³/mol. The van der Waals surface area contributed by atoms with Crippen LogP contribution in [-0.4, -0.2) is 4.57 Å². The van der Waals surface area contributed by atoms with Crippen molar-refractivity contribution < 1.29 is 4.74 Å². The molecule has 0 aliphatic carbocycles. The molecule has 1 aliphatic rings. The van der Waals surface area contributed by atoms with Crippen LogP contribution in [0.2, 0.25) is 0 Å². The summed E-state index contributed by atoms with van der Waals surface area (Å²) < 4.78 is 7.08. The Morgan fingerprint density at radius 2 is 2.29 bits per heavy atom. The van der Waals surface area contributed by atoms with Gasteiger partial charge >= 0.3 is 0 Å². The van der Waals surface area contributed by atoms with Gasteiger partial charge in [-0.1, -0.05) is 12.1 Å². The third-order valence-corrected chi connectivity index (χ3v) is 2.65. The highest BCUT2D eigenvalue weighted by molar-refractivity contribution is 5.88. The van der Waals surface area contributed by atoms with Gasteiger partial charge in [-0.05, 0) is 18.6 Å². The topological polar surface area (TPSA) is 31.2 Å². The second kappa shape index (κ2) is 2.38. The van der Waals surface area contributed by atoms with E-state index in [9.17, 15) is 4.79 Å². The molecule has 1 aliphatic heterocycles. The number of benzene rings is 1. The molecule has 14 heavy (non-hydrogen) atoms. The van der Waals surface area contributed by atoms with Crippen LogP contribution in [0.25, 0.3) is 10.9 Å². The maximum atomic E-state index is 11.6. The number of aryl methyl sites for hydroxylation is 1. The standard InChI is InChI=1S/C11H9NO2/c1-7-5-10(13)12-6-14-9-4-2-3-8(7)11(9)12/h2-5H,6H2,1H3. The molecular weight excluding hydrogens is 178 g/mol. The molecule has 1 aromatic heterocycles. The Kier molecular flexibility index (Phi) is 1.29. The van der Waals surface area contributed by atoms with Gasteiger partial charge in [0.1, 0.15) is 5.75 Å². The largest absolute Gasteiger partial charge is 0.470 e. The number of para-hydroxylation sites is 1. The van der Waals surface area contributed by atoms with Crippen LogP contribution in [-0.2, 0) is 6.73 Å². The fourth-order valence-electron chi connectivity index (χ4n) is 1.95. The first-order chi connectivity index (χ1) is 6.77. The Morgan fingerprint density at radius 3 is 3.14 bits per heavy atom. The van der Waals surface area contributed by atoms with Crippen molar-refractivity contribution in [2.24, 2.45) is 0 Å². The van der Waals surface area contributed by atoms with E-state index in [1.54, 1.807) is 10.6 Å². The molecule has 3 rings (SSSR count). The maximum Gasteiger partial charge on any atom is 0.254 e. The number of hydrogen-bond donors (Lipinski definition) is 0. The molecule has 70 valence electrons. The molecule has 0 spiro atoms. The predicted octanol–water partition coefficient (Wildman–Crippen LogP) is 1.66. The first kappa shape index (κ1) is 7.62. The van der Waals surface area contributed by atoms with E-state index in [1.165, 1.54) is 0 Å². The van der Waals surface area contributed by atoms with Gasteiger partial charge in [0, 0.05) is 11.5 Å². The lowest BCUT2D eigenvalue weighted by molar-refractivity contribution is 0.267. The summed E-state index contributed by atoms with van der Waals surface area (Å²) in [5.74, 6) is 0.809. The summed E-state index contributed by atoms with van der Waals surface area (Å²) >= 11 is 0. The van der Waals surface area contributed by atoms with Gasteiger partial charge in [0.05, 0.1) is 5.52 Å². The zero-order chi connectivity index (χ0) is 9.71. The van der Waals surface area contributed by atoms with E-state index in [2.05, 4.69) is 0 Å². The fourth-order valence-corrected chi connectivity index (χ4v) is 1.95. The summed E-state index contributed by atoms with van der Waals surface area (Å²) in [5, 5.41) is 1.10. The summed E-state index contributed by atoms with van der Waals surface area (Å²) in [6.45, 7) is 2.29. The van der Waals surface area contributed by atoms with E-state index in [4.69, 9.17) is 4.74 Å². The van der Waals surface area contributed by atoms with E-state index in [0.717, 1.165) is 22.2 Å². The molecule has 1 aromatic carbocycles. The molecule has 0 unspecified atom stereocenters. The van der Waals surface area contributed by atoms with Gasteiger partial charge in [-0.3, -0.25) is 9.36 Å². The monoisotopic (exact) mass is 187 g/mol. The molecule has 3 heteroatoms.